The maximum absolute atomic E-state index is 12.8. The summed E-state index contributed by atoms with van der Waals surface area (Å²) in [4.78, 5) is 12.8. The maximum Gasteiger partial charge on any atom is 0.297 e. The second kappa shape index (κ2) is 6.92. The van der Waals surface area contributed by atoms with Gasteiger partial charge in [0.1, 0.15) is 11.4 Å². The molecule has 0 fully saturated rings. The Balaban J connectivity index is 2.18. The van der Waals surface area contributed by atoms with Gasteiger partial charge >= 0.3 is 0 Å². The number of phenols is 1. The SMILES string of the molecule is CSc1nnc(C(C)(C)C)c(=O)n1/N=C/c1c(O)ccc2ccccc12. The Bertz CT molecular complexity index is 1050. The molecule has 0 amide bonds. The summed E-state index contributed by atoms with van der Waals surface area (Å²) < 4.78 is 1.24. The van der Waals surface area contributed by atoms with E-state index in [2.05, 4.69) is 15.3 Å². The van der Waals surface area contributed by atoms with E-state index in [4.69, 9.17) is 0 Å². The molecule has 0 aliphatic carbocycles. The zero-order valence-electron chi connectivity index (χ0n) is 15.1. The first-order valence-electron chi connectivity index (χ1n) is 8.12. The quantitative estimate of drug-likeness (QED) is 0.566. The molecule has 3 rings (SSSR count). The van der Waals surface area contributed by atoms with Gasteiger partial charge < -0.3 is 5.11 Å². The van der Waals surface area contributed by atoms with E-state index >= 15 is 0 Å². The lowest BCUT2D eigenvalue weighted by Crippen LogP contribution is -2.32. The van der Waals surface area contributed by atoms with Crippen molar-refractivity contribution in [2.75, 3.05) is 6.26 Å². The molecule has 0 aliphatic rings. The highest BCUT2D eigenvalue weighted by Gasteiger charge is 2.23. The van der Waals surface area contributed by atoms with Crippen molar-refractivity contribution in [2.24, 2.45) is 5.10 Å². The number of thioether (sulfide) groups is 1. The van der Waals surface area contributed by atoms with Gasteiger partial charge in [0.05, 0.1) is 6.21 Å². The number of benzene rings is 2. The van der Waals surface area contributed by atoms with E-state index in [0.717, 1.165) is 10.8 Å². The molecule has 1 N–H and O–H groups in total. The first-order chi connectivity index (χ1) is 12.3. The summed E-state index contributed by atoms with van der Waals surface area (Å²) in [7, 11) is 0. The van der Waals surface area contributed by atoms with Gasteiger partial charge in [0.25, 0.3) is 5.56 Å². The summed E-state index contributed by atoms with van der Waals surface area (Å²) in [5, 5.41) is 25.0. The second-order valence-electron chi connectivity index (χ2n) is 6.87. The van der Waals surface area contributed by atoms with Gasteiger partial charge in [0, 0.05) is 11.0 Å². The molecule has 3 aromatic rings. The maximum atomic E-state index is 12.8. The van der Waals surface area contributed by atoms with E-state index in [1.54, 1.807) is 6.07 Å². The van der Waals surface area contributed by atoms with Gasteiger partial charge in [-0.25, -0.2) is 0 Å². The zero-order chi connectivity index (χ0) is 18.9. The summed E-state index contributed by atoms with van der Waals surface area (Å²) in [6.07, 6.45) is 3.30. The lowest BCUT2D eigenvalue weighted by atomic mass is 9.93. The molecule has 0 bridgehead atoms. The topological polar surface area (TPSA) is 80.4 Å². The monoisotopic (exact) mass is 368 g/mol. The Morgan fingerprint density at radius 1 is 1.15 bits per heavy atom. The molecule has 1 aromatic heterocycles. The fraction of sp³-hybridized carbons (Fsp3) is 0.263. The van der Waals surface area contributed by atoms with Crippen molar-refractivity contribution in [3.63, 3.8) is 0 Å². The number of hydrogen-bond acceptors (Lipinski definition) is 6. The van der Waals surface area contributed by atoms with Crippen LogP contribution in [0.2, 0.25) is 0 Å². The highest BCUT2D eigenvalue weighted by Crippen LogP contribution is 2.25. The molecule has 0 atom stereocenters. The minimum Gasteiger partial charge on any atom is -0.507 e. The molecule has 2 aromatic carbocycles. The van der Waals surface area contributed by atoms with Gasteiger partial charge in [-0.2, -0.15) is 9.78 Å². The Morgan fingerprint density at radius 3 is 2.58 bits per heavy atom. The average molecular weight is 368 g/mol. The van der Waals surface area contributed by atoms with E-state index in [9.17, 15) is 9.90 Å². The van der Waals surface area contributed by atoms with Gasteiger partial charge in [-0.3, -0.25) is 4.79 Å². The van der Waals surface area contributed by atoms with Crippen LogP contribution in [0.3, 0.4) is 0 Å². The third-order valence-corrected chi connectivity index (χ3v) is 4.57. The standard InChI is InChI=1S/C19H20N4O2S/c1-19(2,3)16-17(25)23(18(26-4)22-21-16)20-11-14-13-8-6-5-7-12(13)9-10-15(14)24/h5-11,24H,1-4H3/b20-11+. The molecule has 134 valence electrons. The fourth-order valence-corrected chi connectivity index (χ4v) is 3.03. The number of rotatable bonds is 3. The smallest absolute Gasteiger partial charge is 0.297 e. The van der Waals surface area contributed by atoms with Crippen LogP contribution in [-0.2, 0) is 5.41 Å². The van der Waals surface area contributed by atoms with Crippen LogP contribution in [0.25, 0.3) is 10.8 Å². The average Bonchev–Trinajstić information content (AvgIpc) is 2.60. The normalized spacial score (nSPS) is 12.2. The number of fused-ring (bicyclic) bond motifs is 1. The van der Waals surface area contributed by atoms with E-state index < -0.39 is 5.41 Å². The molecular weight excluding hydrogens is 348 g/mol. The number of aromatic nitrogens is 3. The lowest BCUT2D eigenvalue weighted by Gasteiger charge is -2.16. The van der Waals surface area contributed by atoms with Gasteiger partial charge in [0.15, 0.2) is 0 Å². The van der Waals surface area contributed by atoms with Crippen molar-refractivity contribution in [3.05, 3.63) is 58.0 Å². The lowest BCUT2D eigenvalue weighted by molar-refractivity contribution is 0.475. The minimum absolute atomic E-state index is 0.101. The Labute approximate surface area is 155 Å². The molecule has 0 saturated heterocycles. The molecule has 0 unspecified atom stereocenters. The zero-order valence-corrected chi connectivity index (χ0v) is 15.9. The van der Waals surface area contributed by atoms with Crippen molar-refractivity contribution >= 4 is 28.7 Å². The first-order valence-corrected chi connectivity index (χ1v) is 9.34. The third kappa shape index (κ3) is 3.35. The molecule has 6 nitrogen and oxygen atoms in total. The molecule has 0 aliphatic heterocycles. The fourth-order valence-electron chi connectivity index (χ4n) is 2.60. The number of aromatic hydroxyl groups is 1. The van der Waals surface area contributed by atoms with Gasteiger partial charge in [0.2, 0.25) is 5.16 Å². The predicted octanol–water partition coefficient (Wildman–Crippen LogP) is 3.40. The van der Waals surface area contributed by atoms with E-state index in [-0.39, 0.29) is 11.3 Å². The molecule has 1 heterocycles. The predicted molar refractivity (Wildman–Crippen MR) is 105 cm³/mol. The Morgan fingerprint density at radius 2 is 1.88 bits per heavy atom. The van der Waals surface area contributed by atoms with Crippen LogP contribution >= 0.6 is 11.8 Å². The van der Waals surface area contributed by atoms with Crippen LogP contribution in [0.1, 0.15) is 32.0 Å². The molecular formula is C19H20N4O2S. The Kier molecular flexibility index (Phi) is 4.82. The van der Waals surface area contributed by atoms with Crippen molar-refractivity contribution < 1.29 is 5.11 Å². The van der Waals surface area contributed by atoms with Gasteiger partial charge in [-0.15, -0.1) is 10.2 Å². The second-order valence-corrected chi connectivity index (χ2v) is 7.64. The molecule has 0 spiro atoms. The van der Waals surface area contributed by atoms with Crippen LogP contribution in [0.15, 0.2) is 51.5 Å². The summed E-state index contributed by atoms with van der Waals surface area (Å²) in [5.74, 6) is 0.101. The molecule has 26 heavy (non-hydrogen) atoms. The van der Waals surface area contributed by atoms with Crippen LogP contribution in [0.5, 0.6) is 5.75 Å². The molecule has 7 heteroatoms. The number of phenolic OH excluding ortho intramolecular Hbond substituents is 1. The summed E-state index contributed by atoms with van der Waals surface area (Å²) in [6.45, 7) is 5.71. The summed E-state index contributed by atoms with van der Waals surface area (Å²) in [5.41, 5.74) is 0.137. The third-order valence-electron chi connectivity index (χ3n) is 3.95. The highest BCUT2D eigenvalue weighted by atomic mass is 32.2. The van der Waals surface area contributed by atoms with E-state index in [1.165, 1.54) is 22.7 Å². The van der Waals surface area contributed by atoms with Crippen molar-refractivity contribution in [1.29, 1.82) is 0 Å². The van der Waals surface area contributed by atoms with Crippen LogP contribution in [0.4, 0.5) is 0 Å². The number of nitrogens with zero attached hydrogens (tertiary/aromatic N) is 4. The van der Waals surface area contributed by atoms with Crippen molar-refractivity contribution in [2.45, 2.75) is 31.3 Å². The van der Waals surface area contributed by atoms with Gasteiger partial charge in [-0.1, -0.05) is 62.9 Å². The van der Waals surface area contributed by atoms with Crippen molar-refractivity contribution in [1.82, 2.24) is 14.9 Å². The number of hydrogen-bond donors (Lipinski definition) is 1. The van der Waals surface area contributed by atoms with Crippen LogP contribution in [-0.4, -0.2) is 32.5 Å². The van der Waals surface area contributed by atoms with Gasteiger partial charge in [-0.05, 0) is 23.1 Å². The highest BCUT2D eigenvalue weighted by molar-refractivity contribution is 7.98. The minimum atomic E-state index is -0.445. The van der Waals surface area contributed by atoms with E-state index in [1.807, 2.05) is 57.4 Å². The van der Waals surface area contributed by atoms with Crippen LogP contribution in [0, 0.1) is 0 Å². The first kappa shape index (κ1) is 18.1. The van der Waals surface area contributed by atoms with Crippen molar-refractivity contribution in [3.8, 4) is 5.75 Å². The summed E-state index contributed by atoms with van der Waals surface area (Å²) in [6, 6.07) is 11.1. The largest absolute Gasteiger partial charge is 0.507 e. The molecule has 0 saturated carbocycles. The van der Waals surface area contributed by atoms with E-state index in [0.29, 0.717) is 16.4 Å². The van der Waals surface area contributed by atoms with Crippen LogP contribution < -0.4 is 5.56 Å². The molecule has 0 radical (unpaired) electrons. The Hall–Kier alpha value is -2.67. The summed E-state index contributed by atoms with van der Waals surface area (Å²) >= 11 is 1.28.